The molecule has 2 heteroatoms. The fourth-order valence-corrected chi connectivity index (χ4v) is 5.80. The van der Waals surface area contributed by atoms with E-state index < -0.39 is 0 Å². The Morgan fingerprint density at radius 3 is 2.51 bits per heavy atom. The van der Waals surface area contributed by atoms with E-state index in [1.54, 1.807) is 0 Å². The minimum absolute atomic E-state index is 0.469. The quantitative estimate of drug-likeness (QED) is 0.456. The van der Waals surface area contributed by atoms with Crippen LogP contribution in [-0.2, 0) is 0 Å². The number of nitrogens with one attached hydrogen (secondary N) is 1. The summed E-state index contributed by atoms with van der Waals surface area (Å²) < 4.78 is 0. The number of aryl methyl sites for hydroxylation is 1. The Labute approximate surface area is 209 Å². The molecule has 2 aromatic carbocycles. The van der Waals surface area contributed by atoms with E-state index in [2.05, 4.69) is 85.3 Å². The zero-order valence-electron chi connectivity index (χ0n) is 20.6. The fraction of sp³-hybridized carbons (Fsp3) is 0.212. The number of terminal acetylenes is 1. The SMILES string of the molecule is C#CCNc1ccccc1C1=C2C(=C(C(=C)N3CCCCC3)C1=C)/C(=C/C=C)c1c(C)cccc12. The Hall–Kier alpha value is -3.96. The van der Waals surface area contributed by atoms with Crippen LogP contribution in [0, 0.1) is 19.3 Å². The van der Waals surface area contributed by atoms with Gasteiger partial charge in [0.05, 0.1) is 6.54 Å². The van der Waals surface area contributed by atoms with E-state index in [-0.39, 0.29) is 0 Å². The lowest BCUT2D eigenvalue weighted by atomic mass is 9.90. The van der Waals surface area contributed by atoms with Crippen LogP contribution in [0.1, 0.15) is 41.5 Å². The summed E-state index contributed by atoms with van der Waals surface area (Å²) in [4.78, 5) is 2.45. The molecule has 5 rings (SSSR count). The Kier molecular flexibility index (Phi) is 6.10. The highest BCUT2D eigenvalue weighted by Gasteiger charge is 2.40. The van der Waals surface area contributed by atoms with Gasteiger partial charge in [0.2, 0.25) is 0 Å². The van der Waals surface area contributed by atoms with Gasteiger partial charge in [0, 0.05) is 41.2 Å². The van der Waals surface area contributed by atoms with E-state index >= 15 is 0 Å². The lowest BCUT2D eigenvalue weighted by molar-refractivity contribution is 0.292. The zero-order chi connectivity index (χ0) is 24.5. The first-order valence-corrected chi connectivity index (χ1v) is 12.4. The maximum absolute atomic E-state index is 5.58. The summed E-state index contributed by atoms with van der Waals surface area (Å²) in [5.74, 6) is 2.71. The highest BCUT2D eigenvalue weighted by Crippen LogP contribution is 2.59. The van der Waals surface area contributed by atoms with Gasteiger partial charge in [-0.05, 0) is 71.2 Å². The number of para-hydroxylation sites is 1. The summed E-state index contributed by atoms with van der Waals surface area (Å²) in [6.07, 6.45) is 13.3. The number of rotatable bonds is 6. The molecule has 0 radical (unpaired) electrons. The second-order valence-corrected chi connectivity index (χ2v) is 9.39. The molecule has 0 saturated carbocycles. The average Bonchev–Trinajstić information content (AvgIpc) is 3.35. The van der Waals surface area contributed by atoms with E-state index in [9.17, 15) is 0 Å². The summed E-state index contributed by atoms with van der Waals surface area (Å²) in [5, 5.41) is 3.43. The van der Waals surface area contributed by atoms with Gasteiger partial charge in [0.15, 0.2) is 0 Å². The molecule has 3 aliphatic rings. The standard InChI is InChI=1S/C33H32N2/c1-6-14-26-29-22(3)15-13-17-27(29)33-31(25-16-9-10-18-28(25)34-19-7-2)23(4)30(32(26)33)24(5)35-20-11-8-12-21-35/h2,6,9-10,13-18,34H,1,4-5,8,11-12,19-21H2,3H3/b26-14+. The second kappa shape index (κ2) is 9.35. The number of allylic oxidation sites excluding steroid dienone is 7. The van der Waals surface area contributed by atoms with E-state index in [0.717, 1.165) is 46.8 Å². The molecule has 1 aliphatic heterocycles. The van der Waals surface area contributed by atoms with Gasteiger partial charge < -0.3 is 10.2 Å². The molecule has 0 aromatic heterocycles. The smallest absolute Gasteiger partial charge is 0.0763 e. The summed E-state index contributed by atoms with van der Waals surface area (Å²) in [5.41, 5.74) is 14.0. The number of hydrogen-bond donors (Lipinski definition) is 1. The van der Waals surface area contributed by atoms with E-state index in [1.807, 2.05) is 12.1 Å². The summed E-state index contributed by atoms with van der Waals surface area (Å²) in [6.45, 7) is 18.1. The van der Waals surface area contributed by atoms with Gasteiger partial charge in [-0.3, -0.25) is 0 Å². The van der Waals surface area contributed by atoms with Crippen molar-refractivity contribution in [2.75, 3.05) is 25.0 Å². The van der Waals surface area contributed by atoms with Gasteiger partial charge in [-0.25, -0.2) is 0 Å². The van der Waals surface area contributed by atoms with Gasteiger partial charge in [0.1, 0.15) is 0 Å². The first-order valence-electron chi connectivity index (χ1n) is 12.4. The van der Waals surface area contributed by atoms with Crippen molar-refractivity contribution in [2.45, 2.75) is 26.2 Å². The topological polar surface area (TPSA) is 15.3 Å². The first kappa shape index (κ1) is 22.8. The Bertz CT molecular complexity index is 1380. The van der Waals surface area contributed by atoms with Crippen LogP contribution in [0.3, 0.4) is 0 Å². The Morgan fingerprint density at radius 2 is 1.77 bits per heavy atom. The van der Waals surface area contributed by atoms with Crippen molar-refractivity contribution in [3.8, 4) is 12.3 Å². The third kappa shape index (κ3) is 3.69. The van der Waals surface area contributed by atoms with Crippen LogP contribution < -0.4 is 5.32 Å². The molecular weight excluding hydrogens is 424 g/mol. The minimum Gasteiger partial charge on any atom is -0.374 e. The van der Waals surface area contributed by atoms with Crippen LogP contribution in [0.4, 0.5) is 5.69 Å². The summed E-state index contributed by atoms with van der Waals surface area (Å²) >= 11 is 0. The van der Waals surface area contributed by atoms with Crippen molar-refractivity contribution in [3.05, 3.63) is 119 Å². The molecule has 1 saturated heterocycles. The molecule has 1 fully saturated rings. The van der Waals surface area contributed by atoms with Crippen molar-refractivity contribution in [1.82, 2.24) is 4.90 Å². The molecule has 0 bridgehead atoms. The molecular formula is C33H32N2. The van der Waals surface area contributed by atoms with E-state index in [1.165, 1.54) is 52.7 Å². The molecule has 2 nitrogen and oxygen atoms in total. The van der Waals surface area contributed by atoms with Gasteiger partial charge in [-0.15, -0.1) is 6.42 Å². The van der Waals surface area contributed by atoms with Crippen LogP contribution in [0.25, 0.3) is 16.7 Å². The highest BCUT2D eigenvalue weighted by molar-refractivity contribution is 6.24. The molecule has 2 aromatic rings. The predicted molar refractivity (Wildman–Crippen MR) is 151 cm³/mol. The van der Waals surface area contributed by atoms with Gasteiger partial charge in [-0.2, -0.15) is 0 Å². The summed E-state index contributed by atoms with van der Waals surface area (Å²) in [7, 11) is 0. The normalized spacial score (nSPS) is 18.0. The largest absolute Gasteiger partial charge is 0.374 e. The summed E-state index contributed by atoms with van der Waals surface area (Å²) in [6, 6.07) is 15.0. The van der Waals surface area contributed by atoms with Crippen LogP contribution in [0.2, 0.25) is 0 Å². The van der Waals surface area contributed by atoms with Crippen molar-refractivity contribution < 1.29 is 0 Å². The lowest BCUT2D eigenvalue weighted by Crippen LogP contribution is -2.29. The van der Waals surface area contributed by atoms with Gasteiger partial charge >= 0.3 is 0 Å². The third-order valence-electron chi connectivity index (χ3n) is 7.32. The molecule has 1 heterocycles. The Morgan fingerprint density at radius 1 is 1.03 bits per heavy atom. The number of nitrogens with zero attached hydrogens (tertiary/aromatic N) is 1. The van der Waals surface area contributed by atoms with Crippen LogP contribution in [0.5, 0.6) is 0 Å². The number of anilines is 1. The lowest BCUT2D eigenvalue weighted by Gasteiger charge is -2.32. The molecule has 35 heavy (non-hydrogen) atoms. The minimum atomic E-state index is 0.469. The maximum atomic E-state index is 5.58. The molecule has 174 valence electrons. The average molecular weight is 457 g/mol. The monoisotopic (exact) mass is 456 g/mol. The van der Waals surface area contributed by atoms with Gasteiger partial charge in [0.25, 0.3) is 0 Å². The van der Waals surface area contributed by atoms with Crippen LogP contribution in [-0.4, -0.2) is 24.5 Å². The highest BCUT2D eigenvalue weighted by atomic mass is 15.1. The Balaban J connectivity index is 1.79. The number of likely N-dealkylation sites (tertiary alicyclic amines) is 1. The van der Waals surface area contributed by atoms with E-state index in [4.69, 9.17) is 6.42 Å². The number of benzene rings is 2. The fourth-order valence-electron chi connectivity index (χ4n) is 5.80. The molecule has 0 amide bonds. The first-order chi connectivity index (χ1) is 17.1. The maximum Gasteiger partial charge on any atom is 0.0763 e. The van der Waals surface area contributed by atoms with E-state index in [0.29, 0.717) is 6.54 Å². The van der Waals surface area contributed by atoms with Crippen molar-refractivity contribution in [3.63, 3.8) is 0 Å². The molecule has 0 unspecified atom stereocenters. The van der Waals surface area contributed by atoms with Crippen molar-refractivity contribution in [2.24, 2.45) is 0 Å². The second-order valence-electron chi connectivity index (χ2n) is 9.39. The molecule has 1 N–H and O–H groups in total. The molecule has 0 spiro atoms. The molecule has 0 atom stereocenters. The van der Waals surface area contributed by atoms with Gasteiger partial charge in [-0.1, -0.05) is 74.2 Å². The van der Waals surface area contributed by atoms with Crippen LogP contribution in [0.15, 0.2) is 96.8 Å². The van der Waals surface area contributed by atoms with Crippen molar-refractivity contribution in [1.29, 1.82) is 0 Å². The molecule has 2 aliphatic carbocycles. The number of fused-ring (bicyclic) bond motifs is 3. The zero-order valence-corrected chi connectivity index (χ0v) is 20.6. The number of hydrogen-bond acceptors (Lipinski definition) is 2. The van der Waals surface area contributed by atoms with Crippen molar-refractivity contribution >= 4 is 22.4 Å². The predicted octanol–water partition coefficient (Wildman–Crippen LogP) is 7.40. The van der Waals surface area contributed by atoms with Crippen LogP contribution >= 0.6 is 0 Å². The number of piperidine rings is 1. The third-order valence-corrected chi connectivity index (χ3v) is 7.32.